The Morgan fingerprint density at radius 1 is 1.56 bits per heavy atom. The van der Waals surface area contributed by atoms with Gasteiger partial charge in [-0.25, -0.2) is 0 Å². The maximum Gasteiger partial charge on any atom is 0.240 e. The van der Waals surface area contributed by atoms with E-state index in [1.165, 1.54) is 5.56 Å². The molecule has 1 heterocycles. The van der Waals surface area contributed by atoms with Crippen LogP contribution in [0.5, 0.6) is 5.75 Å². The summed E-state index contributed by atoms with van der Waals surface area (Å²) in [5.74, 6) is 0.847. The van der Waals surface area contributed by atoms with E-state index in [1.807, 2.05) is 18.2 Å². The molecule has 0 saturated heterocycles. The van der Waals surface area contributed by atoms with Gasteiger partial charge in [0.2, 0.25) is 5.91 Å². The predicted octanol–water partition coefficient (Wildman–Crippen LogP) is 0.933. The fourth-order valence-corrected chi connectivity index (χ4v) is 1.84. The average molecular weight is 220 g/mol. The fourth-order valence-electron chi connectivity index (χ4n) is 1.84. The summed E-state index contributed by atoms with van der Waals surface area (Å²) in [4.78, 5) is 13.0. The van der Waals surface area contributed by atoms with E-state index in [9.17, 15) is 4.79 Å². The van der Waals surface area contributed by atoms with Crippen LogP contribution >= 0.6 is 0 Å². The number of ether oxygens (including phenoxy) is 1. The first-order valence-electron chi connectivity index (χ1n) is 5.44. The number of anilines is 1. The van der Waals surface area contributed by atoms with Crippen LogP contribution in [0.2, 0.25) is 0 Å². The lowest BCUT2D eigenvalue weighted by Gasteiger charge is -2.21. The quantitative estimate of drug-likeness (QED) is 0.806. The van der Waals surface area contributed by atoms with Gasteiger partial charge in [0.25, 0.3) is 0 Å². The molecule has 16 heavy (non-hydrogen) atoms. The minimum Gasteiger partial charge on any atom is -0.493 e. The van der Waals surface area contributed by atoms with Crippen molar-refractivity contribution >= 4 is 11.6 Å². The van der Waals surface area contributed by atoms with E-state index in [0.717, 1.165) is 30.9 Å². The summed E-state index contributed by atoms with van der Waals surface area (Å²) in [6, 6.07) is 5.81. The number of aryl methyl sites for hydroxylation is 1. The van der Waals surface area contributed by atoms with E-state index in [4.69, 9.17) is 10.5 Å². The van der Waals surface area contributed by atoms with Crippen LogP contribution in [0.1, 0.15) is 12.0 Å². The number of rotatable bonds is 2. The fraction of sp³-hybridized carbons (Fsp3) is 0.417. The molecule has 0 aliphatic carbocycles. The highest BCUT2D eigenvalue weighted by Crippen LogP contribution is 2.28. The maximum atomic E-state index is 11.4. The average Bonchev–Trinajstić information content (AvgIpc) is 2.36. The van der Waals surface area contributed by atoms with Crippen molar-refractivity contribution in [2.24, 2.45) is 5.73 Å². The standard InChI is InChI=1S/C12H16N2O2/c1-14(12(15)8-13)10-4-5-11-9(7-10)3-2-6-16-11/h4-5,7H,2-3,6,8,13H2,1H3. The summed E-state index contributed by atoms with van der Waals surface area (Å²) in [6.07, 6.45) is 2.04. The van der Waals surface area contributed by atoms with Crippen molar-refractivity contribution in [1.29, 1.82) is 0 Å². The Bertz CT molecular complexity index is 404. The van der Waals surface area contributed by atoms with Crippen LogP contribution in [0.3, 0.4) is 0 Å². The minimum absolute atomic E-state index is 0.0318. The van der Waals surface area contributed by atoms with Gasteiger partial charge in [0.1, 0.15) is 5.75 Å². The van der Waals surface area contributed by atoms with Crippen molar-refractivity contribution in [2.75, 3.05) is 25.1 Å². The van der Waals surface area contributed by atoms with Crippen molar-refractivity contribution in [1.82, 2.24) is 0 Å². The topological polar surface area (TPSA) is 55.6 Å². The smallest absolute Gasteiger partial charge is 0.240 e. The molecule has 0 fully saturated rings. The molecular formula is C12H16N2O2. The lowest BCUT2D eigenvalue weighted by atomic mass is 10.1. The molecule has 0 saturated carbocycles. The Labute approximate surface area is 95.0 Å². The van der Waals surface area contributed by atoms with Crippen molar-refractivity contribution in [3.05, 3.63) is 23.8 Å². The lowest BCUT2D eigenvalue weighted by molar-refractivity contribution is -0.117. The molecule has 4 nitrogen and oxygen atoms in total. The molecule has 0 aromatic heterocycles. The van der Waals surface area contributed by atoms with E-state index in [1.54, 1.807) is 11.9 Å². The number of carbonyl (C=O) groups is 1. The number of fused-ring (bicyclic) bond motifs is 1. The molecule has 0 radical (unpaired) electrons. The molecule has 1 aromatic carbocycles. The molecule has 2 rings (SSSR count). The first kappa shape index (κ1) is 11.0. The van der Waals surface area contributed by atoms with Gasteiger partial charge in [-0.05, 0) is 36.6 Å². The third kappa shape index (κ3) is 2.02. The normalized spacial score (nSPS) is 13.9. The number of carbonyl (C=O) groups excluding carboxylic acids is 1. The van der Waals surface area contributed by atoms with E-state index in [2.05, 4.69) is 0 Å². The molecule has 2 N–H and O–H groups in total. The van der Waals surface area contributed by atoms with Crippen LogP contribution in [0.15, 0.2) is 18.2 Å². The summed E-state index contributed by atoms with van der Waals surface area (Å²) < 4.78 is 5.52. The number of benzene rings is 1. The van der Waals surface area contributed by atoms with E-state index in [0.29, 0.717) is 0 Å². The SMILES string of the molecule is CN(C(=O)CN)c1ccc2c(c1)CCCO2. The zero-order chi connectivity index (χ0) is 11.5. The van der Waals surface area contributed by atoms with Crippen LogP contribution in [0.25, 0.3) is 0 Å². The molecule has 4 heteroatoms. The van der Waals surface area contributed by atoms with Gasteiger partial charge in [0.05, 0.1) is 13.2 Å². The highest BCUT2D eigenvalue weighted by Gasteiger charge is 2.14. The Hall–Kier alpha value is -1.55. The highest BCUT2D eigenvalue weighted by atomic mass is 16.5. The second-order valence-electron chi connectivity index (χ2n) is 3.90. The summed E-state index contributed by atoms with van der Waals surface area (Å²) in [6.45, 7) is 0.813. The van der Waals surface area contributed by atoms with Crippen molar-refractivity contribution in [2.45, 2.75) is 12.8 Å². The number of hydrogen-bond acceptors (Lipinski definition) is 3. The monoisotopic (exact) mass is 220 g/mol. The number of hydrogen-bond donors (Lipinski definition) is 1. The molecular weight excluding hydrogens is 204 g/mol. The zero-order valence-corrected chi connectivity index (χ0v) is 9.40. The van der Waals surface area contributed by atoms with E-state index < -0.39 is 0 Å². The van der Waals surface area contributed by atoms with Crippen molar-refractivity contribution in [3.63, 3.8) is 0 Å². The Morgan fingerprint density at radius 3 is 3.12 bits per heavy atom. The van der Waals surface area contributed by atoms with Crippen LogP contribution in [0.4, 0.5) is 5.69 Å². The summed E-state index contributed by atoms with van der Waals surface area (Å²) in [7, 11) is 1.74. The van der Waals surface area contributed by atoms with E-state index in [-0.39, 0.29) is 12.5 Å². The number of likely N-dealkylation sites (N-methyl/N-ethyl adjacent to an activating group) is 1. The van der Waals surface area contributed by atoms with Crippen LogP contribution in [-0.2, 0) is 11.2 Å². The Balaban J connectivity index is 2.26. The molecule has 86 valence electrons. The molecule has 1 aromatic rings. The van der Waals surface area contributed by atoms with Gasteiger partial charge in [-0.2, -0.15) is 0 Å². The zero-order valence-electron chi connectivity index (χ0n) is 9.40. The second-order valence-corrected chi connectivity index (χ2v) is 3.90. The van der Waals surface area contributed by atoms with Gasteiger partial charge in [-0.1, -0.05) is 0 Å². The highest BCUT2D eigenvalue weighted by molar-refractivity contribution is 5.94. The summed E-state index contributed by atoms with van der Waals surface area (Å²) in [5.41, 5.74) is 7.37. The summed E-state index contributed by atoms with van der Waals surface area (Å²) in [5, 5.41) is 0. The first-order valence-corrected chi connectivity index (χ1v) is 5.44. The molecule has 1 amide bonds. The Kier molecular flexibility index (Phi) is 3.10. The van der Waals surface area contributed by atoms with Gasteiger partial charge in [0, 0.05) is 12.7 Å². The lowest BCUT2D eigenvalue weighted by Crippen LogP contribution is -2.32. The molecule has 0 spiro atoms. The van der Waals surface area contributed by atoms with Gasteiger partial charge in [-0.3, -0.25) is 4.79 Å². The second kappa shape index (κ2) is 4.53. The van der Waals surface area contributed by atoms with Crippen LogP contribution in [0, 0.1) is 0 Å². The third-order valence-electron chi connectivity index (χ3n) is 2.83. The maximum absolute atomic E-state index is 11.4. The number of nitrogens with zero attached hydrogens (tertiary/aromatic N) is 1. The predicted molar refractivity (Wildman–Crippen MR) is 62.7 cm³/mol. The minimum atomic E-state index is -0.0864. The van der Waals surface area contributed by atoms with Crippen LogP contribution in [-0.4, -0.2) is 26.1 Å². The first-order chi connectivity index (χ1) is 7.72. The third-order valence-corrected chi connectivity index (χ3v) is 2.83. The van der Waals surface area contributed by atoms with Crippen LogP contribution < -0.4 is 15.4 Å². The summed E-state index contributed by atoms with van der Waals surface area (Å²) >= 11 is 0. The molecule has 1 aliphatic rings. The van der Waals surface area contributed by atoms with Gasteiger partial charge >= 0.3 is 0 Å². The van der Waals surface area contributed by atoms with E-state index >= 15 is 0 Å². The number of nitrogens with two attached hydrogens (primary N) is 1. The van der Waals surface area contributed by atoms with Gasteiger partial charge in [0.15, 0.2) is 0 Å². The number of amides is 1. The molecule has 0 bridgehead atoms. The van der Waals surface area contributed by atoms with Gasteiger partial charge < -0.3 is 15.4 Å². The molecule has 0 atom stereocenters. The largest absolute Gasteiger partial charge is 0.493 e. The van der Waals surface area contributed by atoms with Crippen molar-refractivity contribution < 1.29 is 9.53 Å². The Morgan fingerprint density at radius 2 is 2.38 bits per heavy atom. The molecule has 1 aliphatic heterocycles. The van der Waals surface area contributed by atoms with Crippen molar-refractivity contribution in [3.8, 4) is 5.75 Å². The molecule has 0 unspecified atom stereocenters. The van der Waals surface area contributed by atoms with Gasteiger partial charge in [-0.15, -0.1) is 0 Å².